The van der Waals surface area contributed by atoms with Crippen molar-refractivity contribution in [2.45, 2.75) is 18.6 Å². The third-order valence-electron chi connectivity index (χ3n) is 7.20. The highest BCUT2D eigenvalue weighted by atomic mass is 19.4. The highest BCUT2D eigenvalue weighted by Crippen LogP contribution is 2.44. The number of anilines is 2. The summed E-state index contributed by atoms with van der Waals surface area (Å²) in [7, 11) is 2.84. The molecule has 12 heteroatoms. The Labute approximate surface area is 234 Å². The molecule has 2 heterocycles. The molecule has 0 bridgehead atoms. The summed E-state index contributed by atoms with van der Waals surface area (Å²) in [6.07, 6.45) is -5.19. The third-order valence-corrected chi connectivity index (χ3v) is 7.20. The van der Waals surface area contributed by atoms with Gasteiger partial charge in [0, 0.05) is 55.2 Å². The Balaban J connectivity index is 1.59. The van der Waals surface area contributed by atoms with E-state index in [4.69, 9.17) is 9.47 Å². The van der Waals surface area contributed by atoms with Crippen molar-refractivity contribution in [1.29, 1.82) is 0 Å². The number of carboxylic acid groups (broad SMARTS) is 1. The second-order valence-corrected chi connectivity index (χ2v) is 9.67. The number of para-hydroxylation sites is 1. The van der Waals surface area contributed by atoms with E-state index in [0.29, 0.717) is 31.9 Å². The molecule has 1 fully saturated rings. The summed E-state index contributed by atoms with van der Waals surface area (Å²) < 4.78 is 67.2. The number of ether oxygens (including phenoxy) is 2. The average Bonchev–Trinajstić information content (AvgIpc) is 2.96. The summed E-state index contributed by atoms with van der Waals surface area (Å²) in [6.45, 7) is 1.85. The summed E-state index contributed by atoms with van der Waals surface area (Å²) in [5.74, 6) is -1.03. The molecule has 1 saturated heterocycles. The van der Waals surface area contributed by atoms with Gasteiger partial charge in [-0.2, -0.15) is 13.2 Å². The zero-order valence-electron chi connectivity index (χ0n) is 22.4. The number of methoxy groups -OCH3 is 2. The van der Waals surface area contributed by atoms with Crippen LogP contribution in [0, 0.1) is 5.82 Å². The molecule has 0 saturated carbocycles. The maximum absolute atomic E-state index is 15.1. The van der Waals surface area contributed by atoms with Crippen molar-refractivity contribution >= 4 is 29.0 Å². The fourth-order valence-electron chi connectivity index (χ4n) is 5.21. The molecule has 1 N–H and O–H groups in total. The fraction of sp³-hybridized carbons (Fsp3) is 0.310. The molecular weight excluding hydrogens is 544 g/mol. The monoisotopic (exact) mass is 572 g/mol. The van der Waals surface area contributed by atoms with Crippen molar-refractivity contribution in [2.75, 3.05) is 50.2 Å². The van der Waals surface area contributed by atoms with Crippen molar-refractivity contribution in [2.24, 2.45) is 4.99 Å². The van der Waals surface area contributed by atoms with Gasteiger partial charge in [0.05, 0.1) is 32.2 Å². The average molecular weight is 573 g/mol. The number of carbonyl (C=O) groups is 1. The Bertz CT molecular complexity index is 1470. The summed E-state index contributed by atoms with van der Waals surface area (Å²) in [5, 5.41) is 9.81. The number of rotatable bonds is 6. The minimum absolute atomic E-state index is 0.0285. The number of fused-ring (bicyclic) bond motifs is 1. The van der Waals surface area contributed by atoms with Crippen LogP contribution in [-0.2, 0) is 11.0 Å². The van der Waals surface area contributed by atoms with E-state index in [2.05, 4.69) is 9.89 Å². The fourth-order valence-corrected chi connectivity index (χ4v) is 5.21. The molecular formula is C29H28F4N4O4. The van der Waals surface area contributed by atoms with Gasteiger partial charge in [-0.05, 0) is 30.3 Å². The predicted octanol–water partition coefficient (Wildman–Crippen LogP) is 5.71. The molecule has 0 aromatic heterocycles. The van der Waals surface area contributed by atoms with Gasteiger partial charge in [-0.25, -0.2) is 9.38 Å². The van der Waals surface area contributed by atoms with Gasteiger partial charge in [-0.3, -0.25) is 4.79 Å². The van der Waals surface area contributed by atoms with Crippen LogP contribution in [-0.4, -0.2) is 62.3 Å². The van der Waals surface area contributed by atoms with E-state index < -0.39 is 36.0 Å². The van der Waals surface area contributed by atoms with E-state index in [0.717, 1.165) is 17.8 Å². The van der Waals surface area contributed by atoms with Gasteiger partial charge in [0.1, 0.15) is 23.0 Å². The number of nitrogens with zero attached hydrogens (tertiary/aromatic N) is 4. The minimum atomic E-state index is -4.69. The van der Waals surface area contributed by atoms with Crippen molar-refractivity contribution in [3.63, 3.8) is 0 Å². The zero-order valence-corrected chi connectivity index (χ0v) is 22.4. The number of carboxylic acids is 1. The number of halogens is 4. The Kier molecular flexibility index (Phi) is 7.65. The standard InChI is InChI=1S/C29H28F4N4O4/c1-40-21-6-3-5-19(15-21)35-9-11-36(12-10-35)28-34-27-23(7-4-8-24(27)30)25(17-26(38)39)37(28)20-13-18(29(31,32)33)14-22(16-20)41-2/h3-8,13-16,25H,9-12,17H2,1-2H3,(H,38,39). The molecule has 0 radical (unpaired) electrons. The van der Waals surface area contributed by atoms with E-state index >= 15 is 4.39 Å². The SMILES string of the molecule is COc1cccc(N2CCN(C3=Nc4c(F)cccc4C(CC(=O)O)N3c3cc(OC)cc(C(F)(F)F)c3)CC2)c1. The molecule has 41 heavy (non-hydrogen) atoms. The van der Waals surface area contributed by atoms with E-state index in [1.165, 1.54) is 30.2 Å². The second-order valence-electron chi connectivity index (χ2n) is 9.67. The van der Waals surface area contributed by atoms with Crippen molar-refractivity contribution in [1.82, 2.24) is 4.90 Å². The van der Waals surface area contributed by atoms with E-state index in [-0.39, 0.29) is 28.6 Å². The van der Waals surface area contributed by atoms with Crippen LogP contribution in [0.5, 0.6) is 11.5 Å². The first-order valence-corrected chi connectivity index (χ1v) is 12.9. The Morgan fingerprint density at radius 1 is 0.927 bits per heavy atom. The molecule has 0 aliphatic carbocycles. The van der Waals surface area contributed by atoms with Gasteiger partial charge in [0.25, 0.3) is 0 Å². The largest absolute Gasteiger partial charge is 0.497 e. The number of benzene rings is 3. The summed E-state index contributed by atoms with van der Waals surface area (Å²) in [5.41, 5.74) is 0.246. The van der Waals surface area contributed by atoms with Crippen molar-refractivity contribution < 1.29 is 36.9 Å². The molecule has 216 valence electrons. The molecule has 3 aromatic carbocycles. The van der Waals surface area contributed by atoms with Gasteiger partial charge in [-0.15, -0.1) is 0 Å². The minimum Gasteiger partial charge on any atom is -0.497 e. The molecule has 5 rings (SSSR count). The number of hydrogen-bond acceptors (Lipinski definition) is 7. The molecule has 1 atom stereocenters. The predicted molar refractivity (Wildman–Crippen MR) is 146 cm³/mol. The summed E-state index contributed by atoms with van der Waals surface area (Å²) in [4.78, 5) is 22.0. The normalized spacial score (nSPS) is 17.2. The molecule has 8 nitrogen and oxygen atoms in total. The van der Waals surface area contributed by atoms with Gasteiger partial charge >= 0.3 is 12.1 Å². The van der Waals surface area contributed by atoms with Crippen LogP contribution in [0.1, 0.15) is 23.6 Å². The van der Waals surface area contributed by atoms with Crippen molar-refractivity contribution in [3.8, 4) is 11.5 Å². The van der Waals surface area contributed by atoms with Gasteiger partial charge < -0.3 is 29.3 Å². The molecule has 0 amide bonds. The number of guanidine groups is 1. The van der Waals surface area contributed by atoms with Crippen LogP contribution < -0.4 is 19.3 Å². The van der Waals surface area contributed by atoms with Gasteiger partial charge in [0.15, 0.2) is 0 Å². The summed E-state index contributed by atoms with van der Waals surface area (Å²) >= 11 is 0. The van der Waals surface area contributed by atoms with Crippen LogP contribution >= 0.6 is 0 Å². The first-order valence-electron chi connectivity index (χ1n) is 12.9. The molecule has 3 aromatic rings. The van der Waals surface area contributed by atoms with Gasteiger partial charge in [-0.1, -0.05) is 18.2 Å². The lowest BCUT2D eigenvalue weighted by Gasteiger charge is -2.45. The number of piperazine rings is 1. The van der Waals surface area contributed by atoms with Crippen LogP contribution in [0.2, 0.25) is 0 Å². The molecule has 0 spiro atoms. The first kappa shape index (κ1) is 28.1. The van der Waals surface area contributed by atoms with E-state index in [1.54, 1.807) is 13.2 Å². The van der Waals surface area contributed by atoms with Crippen LogP contribution in [0.4, 0.5) is 34.6 Å². The lowest BCUT2D eigenvalue weighted by atomic mass is 9.96. The maximum atomic E-state index is 15.1. The third kappa shape index (κ3) is 5.72. The molecule has 1 unspecified atom stereocenters. The first-order chi connectivity index (χ1) is 19.6. The topological polar surface area (TPSA) is 77.8 Å². The highest BCUT2D eigenvalue weighted by Gasteiger charge is 2.39. The number of alkyl halides is 3. The Morgan fingerprint density at radius 3 is 2.24 bits per heavy atom. The van der Waals surface area contributed by atoms with Crippen LogP contribution in [0.3, 0.4) is 0 Å². The number of hydrogen-bond donors (Lipinski definition) is 1. The maximum Gasteiger partial charge on any atom is 0.416 e. The molecule has 2 aliphatic rings. The lowest BCUT2D eigenvalue weighted by molar-refractivity contribution is -0.138. The van der Waals surface area contributed by atoms with Crippen LogP contribution in [0.15, 0.2) is 65.7 Å². The number of aliphatic carboxylic acids is 1. The second kappa shape index (κ2) is 11.2. The van der Waals surface area contributed by atoms with Crippen LogP contribution in [0.25, 0.3) is 0 Å². The van der Waals surface area contributed by atoms with E-state index in [9.17, 15) is 23.1 Å². The Hall–Kier alpha value is -4.48. The lowest BCUT2D eigenvalue weighted by Crippen LogP contribution is -2.55. The smallest absolute Gasteiger partial charge is 0.416 e. The quantitative estimate of drug-likeness (QED) is 0.380. The van der Waals surface area contributed by atoms with E-state index in [1.807, 2.05) is 29.2 Å². The highest BCUT2D eigenvalue weighted by molar-refractivity contribution is 6.01. The Morgan fingerprint density at radius 2 is 1.59 bits per heavy atom. The van der Waals surface area contributed by atoms with Gasteiger partial charge in [0.2, 0.25) is 5.96 Å². The van der Waals surface area contributed by atoms with Crippen molar-refractivity contribution in [3.05, 3.63) is 77.6 Å². The molecule has 2 aliphatic heterocycles. The number of aliphatic imine (C=N–C) groups is 1. The zero-order chi connectivity index (χ0) is 29.3. The summed E-state index contributed by atoms with van der Waals surface area (Å²) in [6, 6.07) is 14.0.